The van der Waals surface area contributed by atoms with Gasteiger partial charge >= 0.3 is 0 Å². The van der Waals surface area contributed by atoms with Gasteiger partial charge in [-0.25, -0.2) is 0 Å². The quantitative estimate of drug-likeness (QED) is 0.777. The van der Waals surface area contributed by atoms with Gasteiger partial charge in [-0.15, -0.1) is 0 Å². The van der Waals surface area contributed by atoms with Gasteiger partial charge in [-0.3, -0.25) is 0 Å². The number of ether oxygens (including phenoxy) is 1. The molecule has 0 aliphatic carbocycles. The first-order chi connectivity index (χ1) is 11.2. The highest BCUT2D eigenvalue weighted by molar-refractivity contribution is 6.50. The Labute approximate surface area is 137 Å². The number of methoxy groups -OCH3 is 1. The van der Waals surface area contributed by atoms with E-state index in [0.717, 1.165) is 11.1 Å². The normalized spacial score (nSPS) is 11.5. The largest absolute Gasteiger partial charge is 0.508 e. The standard InChI is InChI=1S/C17H13ClN2O3/c1-22-15-5-3-2-4-13(15)16-19-17(23-20-16)14(18)10-11-6-8-12(21)9-7-11/h2-10,21H,1H3/b14-10-. The topological polar surface area (TPSA) is 68.4 Å². The Bertz CT molecular complexity index is 841. The molecule has 0 aliphatic heterocycles. The number of nitrogens with zero attached hydrogens (tertiary/aromatic N) is 2. The first kappa shape index (κ1) is 15.1. The fraction of sp³-hybridized carbons (Fsp3) is 0.0588. The number of aromatic hydroxyl groups is 1. The third kappa shape index (κ3) is 3.35. The van der Waals surface area contributed by atoms with E-state index >= 15 is 0 Å². The molecular formula is C17H13ClN2O3. The van der Waals surface area contributed by atoms with E-state index in [1.54, 1.807) is 37.5 Å². The molecule has 1 heterocycles. The smallest absolute Gasteiger partial charge is 0.269 e. The van der Waals surface area contributed by atoms with Crippen LogP contribution in [0.1, 0.15) is 11.5 Å². The maximum atomic E-state index is 9.28. The lowest BCUT2D eigenvalue weighted by molar-refractivity contribution is 0.406. The van der Waals surface area contributed by atoms with E-state index in [1.807, 2.05) is 24.3 Å². The molecule has 2 aromatic carbocycles. The fourth-order valence-corrected chi connectivity index (χ4v) is 2.24. The Morgan fingerprint density at radius 1 is 1.17 bits per heavy atom. The van der Waals surface area contributed by atoms with Gasteiger partial charge in [0, 0.05) is 0 Å². The minimum Gasteiger partial charge on any atom is -0.508 e. The second-order valence-electron chi connectivity index (χ2n) is 4.71. The van der Waals surface area contributed by atoms with Crippen LogP contribution >= 0.6 is 11.6 Å². The van der Waals surface area contributed by atoms with E-state index in [-0.39, 0.29) is 11.6 Å². The van der Waals surface area contributed by atoms with Crippen molar-refractivity contribution in [3.8, 4) is 22.9 Å². The third-order valence-corrected chi connectivity index (χ3v) is 3.44. The molecule has 0 spiro atoms. The van der Waals surface area contributed by atoms with E-state index in [4.69, 9.17) is 20.9 Å². The molecule has 3 rings (SSSR count). The van der Waals surface area contributed by atoms with Crippen molar-refractivity contribution in [2.75, 3.05) is 7.11 Å². The summed E-state index contributed by atoms with van der Waals surface area (Å²) in [5.74, 6) is 1.45. The third-order valence-electron chi connectivity index (χ3n) is 3.16. The van der Waals surface area contributed by atoms with Gasteiger partial charge < -0.3 is 14.4 Å². The predicted octanol–water partition coefficient (Wildman–Crippen LogP) is 4.19. The summed E-state index contributed by atoms with van der Waals surface area (Å²) in [5, 5.41) is 13.5. The number of hydrogen-bond donors (Lipinski definition) is 1. The summed E-state index contributed by atoms with van der Waals surface area (Å²) in [7, 11) is 1.58. The zero-order chi connectivity index (χ0) is 16.2. The highest BCUT2D eigenvalue weighted by Crippen LogP contribution is 2.29. The van der Waals surface area contributed by atoms with E-state index in [0.29, 0.717) is 16.6 Å². The summed E-state index contributed by atoms with van der Waals surface area (Å²) in [6.45, 7) is 0. The SMILES string of the molecule is COc1ccccc1-c1noc(/C(Cl)=C/c2ccc(O)cc2)n1. The Hall–Kier alpha value is -2.79. The first-order valence-corrected chi connectivity index (χ1v) is 7.19. The molecule has 0 fully saturated rings. The van der Waals surface area contributed by atoms with E-state index in [9.17, 15) is 5.11 Å². The molecule has 5 nitrogen and oxygen atoms in total. The van der Waals surface area contributed by atoms with Gasteiger partial charge in [0.1, 0.15) is 16.5 Å². The number of para-hydroxylation sites is 1. The van der Waals surface area contributed by atoms with Gasteiger partial charge in [0.2, 0.25) is 5.82 Å². The molecule has 0 atom stereocenters. The number of rotatable bonds is 4. The van der Waals surface area contributed by atoms with Crippen LogP contribution in [0.4, 0.5) is 0 Å². The maximum Gasteiger partial charge on any atom is 0.269 e. The molecule has 0 radical (unpaired) electrons. The Kier molecular flexibility index (Phi) is 4.30. The van der Waals surface area contributed by atoms with E-state index < -0.39 is 0 Å². The molecule has 0 saturated heterocycles. The lowest BCUT2D eigenvalue weighted by atomic mass is 10.2. The maximum absolute atomic E-state index is 9.28. The molecule has 0 bridgehead atoms. The van der Waals surface area contributed by atoms with Crippen LogP contribution in [0.15, 0.2) is 53.1 Å². The van der Waals surface area contributed by atoms with Crippen molar-refractivity contribution in [2.24, 2.45) is 0 Å². The number of phenolic OH excluding ortho intramolecular Hbond substituents is 1. The van der Waals surface area contributed by atoms with Crippen LogP contribution < -0.4 is 4.74 Å². The second kappa shape index (κ2) is 6.54. The Morgan fingerprint density at radius 2 is 1.91 bits per heavy atom. The molecule has 0 unspecified atom stereocenters. The van der Waals surface area contributed by atoms with Gasteiger partial charge in [0.25, 0.3) is 5.89 Å². The monoisotopic (exact) mass is 328 g/mol. The Morgan fingerprint density at radius 3 is 2.65 bits per heavy atom. The van der Waals surface area contributed by atoms with Crippen molar-refractivity contribution in [1.29, 1.82) is 0 Å². The summed E-state index contributed by atoms with van der Waals surface area (Å²) in [6, 6.07) is 14.0. The van der Waals surface area contributed by atoms with Crippen LogP contribution in [0.25, 0.3) is 22.5 Å². The van der Waals surface area contributed by atoms with Crippen LogP contribution in [0, 0.1) is 0 Å². The molecule has 0 saturated carbocycles. The summed E-state index contributed by atoms with van der Waals surface area (Å²) in [4.78, 5) is 4.30. The van der Waals surface area contributed by atoms with Crippen molar-refractivity contribution >= 4 is 22.7 Å². The molecule has 6 heteroatoms. The highest BCUT2D eigenvalue weighted by atomic mass is 35.5. The number of halogens is 1. The number of hydrogen-bond acceptors (Lipinski definition) is 5. The van der Waals surface area contributed by atoms with Crippen molar-refractivity contribution in [2.45, 2.75) is 0 Å². The first-order valence-electron chi connectivity index (χ1n) is 6.81. The van der Waals surface area contributed by atoms with Crippen LogP contribution in [0.2, 0.25) is 0 Å². The molecule has 0 aliphatic rings. The summed E-state index contributed by atoms with van der Waals surface area (Å²) in [6.07, 6.45) is 1.68. The van der Waals surface area contributed by atoms with Crippen LogP contribution in [-0.2, 0) is 0 Å². The lowest BCUT2D eigenvalue weighted by Crippen LogP contribution is -1.88. The highest BCUT2D eigenvalue weighted by Gasteiger charge is 2.14. The van der Waals surface area contributed by atoms with E-state index in [2.05, 4.69) is 10.1 Å². The fourth-order valence-electron chi connectivity index (χ4n) is 2.04. The van der Waals surface area contributed by atoms with E-state index in [1.165, 1.54) is 0 Å². The van der Waals surface area contributed by atoms with Crippen molar-refractivity contribution in [3.63, 3.8) is 0 Å². The minimum atomic E-state index is 0.189. The average Bonchev–Trinajstić information content (AvgIpc) is 3.07. The molecule has 23 heavy (non-hydrogen) atoms. The van der Waals surface area contributed by atoms with Gasteiger partial charge in [-0.2, -0.15) is 4.98 Å². The lowest BCUT2D eigenvalue weighted by Gasteiger charge is -2.02. The minimum absolute atomic E-state index is 0.189. The Balaban J connectivity index is 1.90. The summed E-state index contributed by atoms with van der Waals surface area (Å²) < 4.78 is 10.5. The van der Waals surface area contributed by atoms with Crippen molar-refractivity contribution < 1.29 is 14.4 Å². The van der Waals surface area contributed by atoms with Gasteiger partial charge in [0.05, 0.1) is 12.7 Å². The van der Waals surface area contributed by atoms with Gasteiger partial charge in [-0.05, 0) is 35.9 Å². The van der Waals surface area contributed by atoms with Crippen LogP contribution in [-0.4, -0.2) is 22.4 Å². The molecule has 1 aromatic heterocycles. The van der Waals surface area contributed by atoms with Gasteiger partial charge in [0.15, 0.2) is 0 Å². The molecular weight excluding hydrogens is 316 g/mol. The zero-order valence-corrected chi connectivity index (χ0v) is 13.0. The molecule has 3 aromatic rings. The molecule has 0 amide bonds. The number of phenols is 1. The van der Waals surface area contributed by atoms with Gasteiger partial charge in [-0.1, -0.05) is 41.0 Å². The number of aromatic nitrogens is 2. The predicted molar refractivity (Wildman–Crippen MR) is 88.1 cm³/mol. The summed E-state index contributed by atoms with van der Waals surface area (Å²) in [5.41, 5.74) is 1.53. The second-order valence-corrected chi connectivity index (χ2v) is 5.11. The molecule has 1 N–H and O–H groups in total. The van der Waals surface area contributed by atoms with Crippen LogP contribution in [0.5, 0.6) is 11.5 Å². The average molecular weight is 329 g/mol. The zero-order valence-electron chi connectivity index (χ0n) is 12.2. The van der Waals surface area contributed by atoms with Crippen molar-refractivity contribution in [1.82, 2.24) is 10.1 Å². The summed E-state index contributed by atoms with van der Waals surface area (Å²) >= 11 is 6.23. The van der Waals surface area contributed by atoms with Crippen molar-refractivity contribution in [3.05, 3.63) is 60.0 Å². The molecule has 116 valence electrons. The van der Waals surface area contributed by atoms with Crippen LogP contribution in [0.3, 0.4) is 0 Å². The number of benzene rings is 2.